The van der Waals surface area contributed by atoms with Gasteiger partial charge in [0, 0.05) is 24.8 Å². The maximum atomic E-state index is 12.4. The SMILES string of the molecule is O=C(NCCCO)/C(=C/c1ccccc1[N+](=O)[O-])NC(=O)c1ccccc1. The number of rotatable bonds is 8. The molecule has 27 heavy (non-hydrogen) atoms. The van der Waals surface area contributed by atoms with Crippen molar-refractivity contribution in [3.63, 3.8) is 0 Å². The van der Waals surface area contributed by atoms with Gasteiger partial charge in [-0.3, -0.25) is 19.7 Å². The van der Waals surface area contributed by atoms with Gasteiger partial charge in [-0.1, -0.05) is 30.3 Å². The Labute approximate surface area is 155 Å². The van der Waals surface area contributed by atoms with E-state index in [0.717, 1.165) is 0 Å². The van der Waals surface area contributed by atoms with E-state index in [1.54, 1.807) is 36.4 Å². The lowest BCUT2D eigenvalue weighted by Gasteiger charge is -2.11. The first kappa shape index (κ1) is 19.8. The Morgan fingerprint density at radius 2 is 1.74 bits per heavy atom. The highest BCUT2D eigenvalue weighted by Gasteiger charge is 2.17. The van der Waals surface area contributed by atoms with Crippen LogP contribution >= 0.6 is 0 Å². The van der Waals surface area contributed by atoms with E-state index in [2.05, 4.69) is 10.6 Å². The van der Waals surface area contributed by atoms with Gasteiger partial charge in [-0.25, -0.2) is 0 Å². The van der Waals surface area contributed by atoms with Gasteiger partial charge in [-0.05, 0) is 30.7 Å². The molecule has 0 bridgehead atoms. The molecule has 0 radical (unpaired) electrons. The Balaban J connectivity index is 2.33. The summed E-state index contributed by atoms with van der Waals surface area (Å²) in [4.78, 5) is 35.4. The number of nitrogens with one attached hydrogen (secondary N) is 2. The van der Waals surface area contributed by atoms with Crippen LogP contribution < -0.4 is 10.6 Å². The highest BCUT2D eigenvalue weighted by Crippen LogP contribution is 2.20. The maximum Gasteiger partial charge on any atom is 0.276 e. The summed E-state index contributed by atoms with van der Waals surface area (Å²) in [6.07, 6.45) is 1.60. The molecule has 0 unspecified atom stereocenters. The minimum atomic E-state index is -0.606. The summed E-state index contributed by atoms with van der Waals surface area (Å²) in [7, 11) is 0. The van der Waals surface area contributed by atoms with Crippen LogP contribution in [0.4, 0.5) is 5.69 Å². The molecular weight excluding hydrogens is 350 g/mol. The van der Waals surface area contributed by atoms with Crippen LogP contribution in [-0.2, 0) is 4.79 Å². The molecule has 0 saturated carbocycles. The molecule has 2 amide bonds. The molecule has 0 saturated heterocycles. The first-order valence-electron chi connectivity index (χ1n) is 8.23. The molecule has 8 heteroatoms. The Morgan fingerprint density at radius 3 is 2.41 bits per heavy atom. The summed E-state index contributed by atoms with van der Waals surface area (Å²) < 4.78 is 0. The van der Waals surface area contributed by atoms with Crippen LogP contribution in [0.5, 0.6) is 0 Å². The van der Waals surface area contributed by atoms with Crippen molar-refractivity contribution in [2.45, 2.75) is 6.42 Å². The Hall–Kier alpha value is -3.52. The minimum Gasteiger partial charge on any atom is -0.396 e. The molecule has 2 rings (SSSR count). The van der Waals surface area contributed by atoms with Crippen LogP contribution in [0.15, 0.2) is 60.3 Å². The average molecular weight is 369 g/mol. The van der Waals surface area contributed by atoms with Gasteiger partial charge in [0.1, 0.15) is 5.70 Å². The lowest BCUT2D eigenvalue weighted by molar-refractivity contribution is -0.385. The number of nitro groups is 1. The molecule has 0 fully saturated rings. The minimum absolute atomic E-state index is 0.0974. The van der Waals surface area contributed by atoms with Gasteiger partial charge >= 0.3 is 0 Å². The van der Waals surface area contributed by atoms with Crippen molar-refractivity contribution in [1.29, 1.82) is 0 Å². The van der Waals surface area contributed by atoms with Crippen molar-refractivity contribution in [3.05, 3.63) is 81.5 Å². The van der Waals surface area contributed by atoms with E-state index in [0.29, 0.717) is 12.0 Å². The molecule has 0 aromatic heterocycles. The smallest absolute Gasteiger partial charge is 0.276 e. The van der Waals surface area contributed by atoms with Crippen molar-refractivity contribution in [1.82, 2.24) is 10.6 Å². The molecule has 2 aromatic rings. The number of benzene rings is 2. The number of aliphatic hydroxyl groups excluding tert-OH is 1. The third-order valence-electron chi connectivity index (χ3n) is 3.58. The van der Waals surface area contributed by atoms with Gasteiger partial charge in [0.05, 0.1) is 10.5 Å². The molecule has 2 aromatic carbocycles. The average Bonchev–Trinajstić information content (AvgIpc) is 2.68. The Bertz CT molecular complexity index is 849. The molecule has 0 heterocycles. The van der Waals surface area contributed by atoms with Crippen LogP contribution in [0.3, 0.4) is 0 Å². The number of carbonyl (C=O) groups is 2. The van der Waals surface area contributed by atoms with Crippen molar-refractivity contribution in [3.8, 4) is 0 Å². The van der Waals surface area contributed by atoms with E-state index in [1.807, 2.05) is 0 Å². The summed E-state index contributed by atoms with van der Waals surface area (Å²) in [5, 5.41) is 25.1. The summed E-state index contributed by atoms with van der Waals surface area (Å²) in [6, 6.07) is 14.2. The van der Waals surface area contributed by atoms with E-state index in [-0.39, 0.29) is 30.1 Å². The van der Waals surface area contributed by atoms with Crippen LogP contribution in [0.1, 0.15) is 22.3 Å². The van der Waals surface area contributed by atoms with Crippen LogP contribution in [0.25, 0.3) is 6.08 Å². The maximum absolute atomic E-state index is 12.4. The Kier molecular flexibility index (Phi) is 7.21. The van der Waals surface area contributed by atoms with Crippen LogP contribution in [-0.4, -0.2) is 35.0 Å². The van der Waals surface area contributed by atoms with Gasteiger partial charge < -0.3 is 15.7 Å². The first-order valence-corrected chi connectivity index (χ1v) is 8.23. The number of para-hydroxylation sites is 1. The number of nitro benzene ring substituents is 1. The molecule has 0 aliphatic heterocycles. The highest BCUT2D eigenvalue weighted by atomic mass is 16.6. The normalized spacial score (nSPS) is 10.9. The third-order valence-corrected chi connectivity index (χ3v) is 3.58. The highest BCUT2D eigenvalue weighted by molar-refractivity contribution is 6.05. The summed E-state index contributed by atoms with van der Waals surface area (Å²) in [6.45, 7) is 0.102. The zero-order valence-corrected chi connectivity index (χ0v) is 14.4. The fraction of sp³-hybridized carbons (Fsp3) is 0.158. The lowest BCUT2D eigenvalue weighted by atomic mass is 10.1. The molecule has 8 nitrogen and oxygen atoms in total. The van der Waals surface area contributed by atoms with Gasteiger partial charge in [0.2, 0.25) is 0 Å². The second-order valence-electron chi connectivity index (χ2n) is 5.53. The summed E-state index contributed by atoms with van der Waals surface area (Å²) in [5.74, 6) is -1.12. The fourth-order valence-electron chi connectivity index (χ4n) is 2.25. The van der Waals surface area contributed by atoms with E-state index >= 15 is 0 Å². The number of nitrogens with zero attached hydrogens (tertiary/aromatic N) is 1. The zero-order valence-electron chi connectivity index (χ0n) is 14.4. The molecule has 3 N–H and O–H groups in total. The quantitative estimate of drug-likeness (QED) is 0.284. The molecule has 0 aliphatic rings. The number of carbonyl (C=O) groups excluding carboxylic acids is 2. The largest absolute Gasteiger partial charge is 0.396 e. The Morgan fingerprint density at radius 1 is 1.07 bits per heavy atom. The first-order chi connectivity index (χ1) is 13.0. The third kappa shape index (κ3) is 5.75. The van der Waals surface area contributed by atoms with Gasteiger partial charge in [-0.2, -0.15) is 0 Å². The zero-order chi connectivity index (χ0) is 19.6. The molecule has 140 valence electrons. The van der Waals surface area contributed by atoms with Gasteiger partial charge in [0.25, 0.3) is 17.5 Å². The summed E-state index contributed by atoms with van der Waals surface area (Å²) >= 11 is 0. The van der Waals surface area contributed by atoms with E-state index in [1.165, 1.54) is 24.3 Å². The second kappa shape index (κ2) is 9.83. The van der Waals surface area contributed by atoms with Crippen molar-refractivity contribution in [2.75, 3.05) is 13.2 Å². The van der Waals surface area contributed by atoms with Crippen molar-refractivity contribution < 1.29 is 19.6 Å². The molecule has 0 spiro atoms. The number of amides is 2. The van der Waals surface area contributed by atoms with Crippen LogP contribution in [0, 0.1) is 10.1 Å². The molecule has 0 atom stereocenters. The van der Waals surface area contributed by atoms with Gasteiger partial charge in [-0.15, -0.1) is 0 Å². The van der Waals surface area contributed by atoms with E-state index in [9.17, 15) is 19.7 Å². The monoisotopic (exact) mass is 369 g/mol. The standard InChI is InChI=1S/C19H19N3O5/c23-12-6-11-20-19(25)16(21-18(24)14-7-2-1-3-8-14)13-15-9-4-5-10-17(15)22(26)27/h1-5,7-10,13,23H,6,11-12H2,(H,20,25)(H,21,24)/b16-13-. The number of hydrogen-bond acceptors (Lipinski definition) is 5. The van der Waals surface area contributed by atoms with E-state index in [4.69, 9.17) is 5.11 Å². The fourth-order valence-corrected chi connectivity index (χ4v) is 2.25. The number of hydrogen-bond donors (Lipinski definition) is 3. The van der Waals surface area contributed by atoms with Crippen molar-refractivity contribution >= 4 is 23.6 Å². The number of aliphatic hydroxyl groups is 1. The van der Waals surface area contributed by atoms with Crippen LogP contribution in [0.2, 0.25) is 0 Å². The second-order valence-corrected chi connectivity index (χ2v) is 5.53. The predicted octanol–water partition coefficient (Wildman–Crippen LogP) is 1.86. The topological polar surface area (TPSA) is 122 Å². The lowest BCUT2D eigenvalue weighted by Crippen LogP contribution is -2.35. The molecular formula is C19H19N3O5. The summed E-state index contributed by atoms with van der Waals surface area (Å²) in [5.41, 5.74) is 0.209. The van der Waals surface area contributed by atoms with Gasteiger partial charge in [0.15, 0.2) is 0 Å². The molecule has 0 aliphatic carbocycles. The van der Waals surface area contributed by atoms with E-state index < -0.39 is 16.7 Å². The predicted molar refractivity (Wildman–Crippen MR) is 99.7 cm³/mol. The van der Waals surface area contributed by atoms with Crippen molar-refractivity contribution in [2.24, 2.45) is 0 Å².